The lowest BCUT2D eigenvalue weighted by Gasteiger charge is -2.35. The molecule has 0 aliphatic carbocycles. The van der Waals surface area contributed by atoms with Crippen molar-refractivity contribution in [2.45, 2.75) is 46.2 Å². The van der Waals surface area contributed by atoms with E-state index in [2.05, 4.69) is 72.3 Å². The van der Waals surface area contributed by atoms with Crippen LogP contribution in [0.3, 0.4) is 0 Å². The van der Waals surface area contributed by atoms with Crippen LogP contribution in [0.25, 0.3) is 0 Å². The van der Waals surface area contributed by atoms with Crippen molar-refractivity contribution in [3.63, 3.8) is 0 Å². The molecule has 1 aliphatic rings. The molecule has 0 bridgehead atoms. The van der Waals surface area contributed by atoms with Crippen molar-refractivity contribution in [1.29, 1.82) is 0 Å². The lowest BCUT2D eigenvalue weighted by atomic mass is 9.95. The minimum absolute atomic E-state index is 0.410. The summed E-state index contributed by atoms with van der Waals surface area (Å²) >= 11 is 0. The molecule has 1 aromatic heterocycles. The van der Waals surface area contributed by atoms with Crippen LogP contribution >= 0.6 is 0 Å². The first-order chi connectivity index (χ1) is 13.2. The summed E-state index contributed by atoms with van der Waals surface area (Å²) < 4.78 is 0. The molecular weight excluding hydrogens is 332 g/mol. The number of rotatable bonds is 8. The number of nitrogens with one attached hydrogen (secondary N) is 1. The fourth-order valence-corrected chi connectivity index (χ4v) is 3.92. The largest absolute Gasteiger partial charge is 0.380 e. The van der Waals surface area contributed by atoms with Gasteiger partial charge < -0.3 is 10.2 Å². The standard InChI is InChI=1S/C23H34N4/c1-4-27(23-22(25-19(2)3)11-8-14-24-23)18-21-12-15-26(16-13-21)17-20-9-6-5-7-10-20/h5-11,14,19,21,25H,4,12-13,15-18H2,1-3H3. The first-order valence-corrected chi connectivity index (χ1v) is 10.4. The fraction of sp³-hybridized carbons (Fsp3) is 0.522. The van der Waals surface area contributed by atoms with Crippen molar-refractivity contribution < 1.29 is 0 Å². The van der Waals surface area contributed by atoms with E-state index in [1.165, 1.54) is 31.5 Å². The van der Waals surface area contributed by atoms with Crippen LogP contribution < -0.4 is 10.2 Å². The lowest BCUT2D eigenvalue weighted by Crippen LogP contribution is -2.39. The normalized spacial score (nSPS) is 15.9. The van der Waals surface area contributed by atoms with Crippen LogP contribution in [0, 0.1) is 5.92 Å². The maximum absolute atomic E-state index is 4.69. The molecule has 0 spiro atoms. The minimum Gasteiger partial charge on any atom is -0.380 e. The highest BCUT2D eigenvalue weighted by Gasteiger charge is 2.22. The molecule has 4 heteroatoms. The molecule has 1 saturated heterocycles. The molecule has 2 heterocycles. The zero-order chi connectivity index (χ0) is 19.1. The van der Waals surface area contributed by atoms with Crippen molar-refractivity contribution >= 4 is 11.5 Å². The summed E-state index contributed by atoms with van der Waals surface area (Å²) in [7, 11) is 0. The summed E-state index contributed by atoms with van der Waals surface area (Å²) in [6.07, 6.45) is 4.44. The van der Waals surface area contributed by atoms with E-state index in [9.17, 15) is 0 Å². The average molecular weight is 367 g/mol. The molecule has 4 nitrogen and oxygen atoms in total. The van der Waals surface area contributed by atoms with Crippen LogP contribution in [0.2, 0.25) is 0 Å². The van der Waals surface area contributed by atoms with E-state index in [1.807, 2.05) is 12.3 Å². The summed E-state index contributed by atoms with van der Waals surface area (Å²) in [6, 6.07) is 15.4. The second-order valence-electron chi connectivity index (χ2n) is 7.92. The molecule has 1 aromatic carbocycles. The second kappa shape index (κ2) is 9.75. The van der Waals surface area contributed by atoms with Crippen LogP contribution in [0.15, 0.2) is 48.7 Å². The Bertz CT molecular complexity index is 678. The van der Waals surface area contributed by atoms with E-state index >= 15 is 0 Å². The molecule has 1 aliphatic heterocycles. The van der Waals surface area contributed by atoms with Crippen molar-refractivity contribution in [2.75, 3.05) is 36.4 Å². The van der Waals surface area contributed by atoms with Crippen molar-refractivity contribution in [1.82, 2.24) is 9.88 Å². The Labute approximate surface area is 164 Å². The summed E-state index contributed by atoms with van der Waals surface area (Å²) in [5.41, 5.74) is 2.57. The molecule has 0 radical (unpaired) electrons. The van der Waals surface area contributed by atoms with Crippen LogP contribution in [0.4, 0.5) is 11.5 Å². The molecular formula is C23H34N4. The Balaban J connectivity index is 1.56. The number of piperidine rings is 1. The molecule has 1 N–H and O–H groups in total. The van der Waals surface area contributed by atoms with Gasteiger partial charge in [0.15, 0.2) is 5.82 Å². The van der Waals surface area contributed by atoms with Gasteiger partial charge in [-0.15, -0.1) is 0 Å². The number of benzene rings is 1. The summed E-state index contributed by atoms with van der Waals surface area (Å²) in [6.45, 7) is 12.1. The topological polar surface area (TPSA) is 31.4 Å². The maximum Gasteiger partial charge on any atom is 0.151 e. The highest BCUT2D eigenvalue weighted by Crippen LogP contribution is 2.27. The van der Waals surface area contributed by atoms with Crippen molar-refractivity contribution in [2.24, 2.45) is 5.92 Å². The summed E-state index contributed by atoms with van der Waals surface area (Å²) in [4.78, 5) is 9.73. The lowest BCUT2D eigenvalue weighted by molar-refractivity contribution is 0.179. The molecule has 0 amide bonds. The van der Waals surface area contributed by atoms with Gasteiger partial charge >= 0.3 is 0 Å². The van der Waals surface area contributed by atoms with Gasteiger partial charge in [0.05, 0.1) is 5.69 Å². The van der Waals surface area contributed by atoms with Gasteiger partial charge in [-0.25, -0.2) is 4.98 Å². The zero-order valence-electron chi connectivity index (χ0n) is 17.1. The highest BCUT2D eigenvalue weighted by atomic mass is 15.2. The Kier molecular flexibility index (Phi) is 7.11. The van der Waals surface area contributed by atoms with Gasteiger partial charge in [0.25, 0.3) is 0 Å². The number of likely N-dealkylation sites (tertiary alicyclic amines) is 1. The van der Waals surface area contributed by atoms with Gasteiger partial charge in [0.2, 0.25) is 0 Å². The zero-order valence-corrected chi connectivity index (χ0v) is 17.1. The summed E-state index contributed by atoms with van der Waals surface area (Å²) in [5, 5.41) is 3.55. The Morgan fingerprint density at radius 2 is 1.85 bits per heavy atom. The number of anilines is 2. The average Bonchev–Trinajstić information content (AvgIpc) is 2.68. The van der Waals surface area contributed by atoms with Crippen LogP contribution in [-0.2, 0) is 6.54 Å². The van der Waals surface area contributed by atoms with Gasteiger partial charge in [0, 0.05) is 31.9 Å². The Morgan fingerprint density at radius 3 is 2.52 bits per heavy atom. The SMILES string of the molecule is CCN(CC1CCN(Cc2ccccc2)CC1)c1ncccc1NC(C)C. The van der Waals surface area contributed by atoms with E-state index in [-0.39, 0.29) is 0 Å². The van der Waals surface area contributed by atoms with Gasteiger partial charge in [-0.2, -0.15) is 0 Å². The van der Waals surface area contributed by atoms with Gasteiger partial charge in [0.1, 0.15) is 0 Å². The molecule has 1 fully saturated rings. The first-order valence-electron chi connectivity index (χ1n) is 10.4. The van der Waals surface area contributed by atoms with Crippen LogP contribution in [0.5, 0.6) is 0 Å². The smallest absolute Gasteiger partial charge is 0.151 e. The molecule has 3 rings (SSSR count). The molecule has 0 unspecified atom stereocenters. The first kappa shape index (κ1) is 19.7. The predicted molar refractivity (Wildman–Crippen MR) is 115 cm³/mol. The highest BCUT2D eigenvalue weighted by molar-refractivity contribution is 5.65. The molecule has 2 aromatic rings. The predicted octanol–water partition coefficient (Wildman–Crippen LogP) is 4.64. The number of hydrogen-bond acceptors (Lipinski definition) is 4. The van der Waals surface area contributed by atoms with E-state index in [0.717, 1.165) is 37.1 Å². The maximum atomic E-state index is 4.69. The quantitative estimate of drug-likeness (QED) is 0.737. The molecule has 27 heavy (non-hydrogen) atoms. The second-order valence-corrected chi connectivity index (χ2v) is 7.92. The third-order valence-electron chi connectivity index (χ3n) is 5.35. The minimum atomic E-state index is 0.410. The monoisotopic (exact) mass is 366 g/mol. The van der Waals surface area contributed by atoms with Gasteiger partial charge in [-0.05, 0) is 70.3 Å². The van der Waals surface area contributed by atoms with Crippen molar-refractivity contribution in [3.05, 3.63) is 54.2 Å². The number of nitrogens with zero attached hydrogens (tertiary/aromatic N) is 3. The third kappa shape index (κ3) is 5.70. The van der Waals surface area contributed by atoms with Gasteiger partial charge in [-0.1, -0.05) is 30.3 Å². The number of aromatic nitrogens is 1. The van der Waals surface area contributed by atoms with E-state index in [4.69, 9.17) is 4.98 Å². The fourth-order valence-electron chi connectivity index (χ4n) is 3.92. The van der Waals surface area contributed by atoms with E-state index in [1.54, 1.807) is 0 Å². The Morgan fingerprint density at radius 1 is 1.11 bits per heavy atom. The van der Waals surface area contributed by atoms with E-state index < -0.39 is 0 Å². The van der Waals surface area contributed by atoms with E-state index in [0.29, 0.717) is 6.04 Å². The van der Waals surface area contributed by atoms with Crippen LogP contribution in [0.1, 0.15) is 39.2 Å². The van der Waals surface area contributed by atoms with Crippen molar-refractivity contribution in [3.8, 4) is 0 Å². The molecule has 0 atom stereocenters. The molecule has 146 valence electrons. The van der Waals surface area contributed by atoms with Gasteiger partial charge in [-0.3, -0.25) is 4.90 Å². The molecule has 0 saturated carbocycles. The number of hydrogen-bond donors (Lipinski definition) is 1. The summed E-state index contributed by atoms with van der Waals surface area (Å²) in [5.74, 6) is 1.84. The third-order valence-corrected chi connectivity index (χ3v) is 5.35. The van der Waals surface area contributed by atoms with Crippen LogP contribution in [-0.4, -0.2) is 42.1 Å². The number of pyridine rings is 1. The Hall–Kier alpha value is -2.07.